The Morgan fingerprint density at radius 3 is 3.09 bits per heavy atom. The number of nitrogens with zero attached hydrogens (tertiary/aromatic N) is 2. The molecule has 0 saturated heterocycles. The molecule has 0 spiro atoms. The zero-order valence-corrected chi connectivity index (χ0v) is 13.8. The summed E-state index contributed by atoms with van der Waals surface area (Å²) in [5.41, 5.74) is 1.02. The van der Waals surface area contributed by atoms with Crippen LogP contribution < -0.4 is 14.8 Å². The lowest BCUT2D eigenvalue weighted by Gasteiger charge is -2.12. The molecule has 0 unspecified atom stereocenters. The first-order valence-electron chi connectivity index (χ1n) is 7.31. The number of fused-ring (bicyclic) bond motifs is 2. The lowest BCUT2D eigenvalue weighted by molar-refractivity contribution is 0.297. The molecule has 0 amide bonds. The van der Waals surface area contributed by atoms with E-state index >= 15 is 0 Å². The van der Waals surface area contributed by atoms with E-state index < -0.39 is 0 Å². The minimum Gasteiger partial charge on any atom is -0.489 e. The monoisotopic (exact) mass is 347 g/mol. The highest BCUT2D eigenvalue weighted by atomic mass is 35.5. The van der Waals surface area contributed by atoms with Gasteiger partial charge in [-0.3, -0.25) is 0 Å². The zero-order chi connectivity index (χ0) is 15.6. The van der Waals surface area contributed by atoms with E-state index in [1.807, 2.05) is 23.6 Å². The number of ether oxygens (including phenoxy) is 2. The van der Waals surface area contributed by atoms with Crippen molar-refractivity contribution in [1.82, 2.24) is 9.97 Å². The Kier molecular flexibility index (Phi) is 3.93. The van der Waals surface area contributed by atoms with E-state index in [9.17, 15) is 0 Å². The second kappa shape index (κ2) is 6.22. The number of aromatic nitrogens is 2. The van der Waals surface area contributed by atoms with E-state index in [-0.39, 0.29) is 0 Å². The van der Waals surface area contributed by atoms with Crippen molar-refractivity contribution in [3.05, 3.63) is 40.5 Å². The minimum atomic E-state index is 0.574. The van der Waals surface area contributed by atoms with Gasteiger partial charge in [-0.1, -0.05) is 11.6 Å². The molecular formula is C16H14ClN3O2S. The lowest BCUT2D eigenvalue weighted by atomic mass is 10.2. The molecule has 1 aromatic carbocycles. The SMILES string of the molecule is Clc1cc(CNc2ncnc3sccc23)cc2c1OCCCO2. The summed E-state index contributed by atoms with van der Waals surface area (Å²) in [5.74, 6) is 2.16. The van der Waals surface area contributed by atoms with E-state index in [0.29, 0.717) is 36.3 Å². The molecule has 0 aliphatic carbocycles. The summed E-state index contributed by atoms with van der Waals surface area (Å²) in [5, 5.41) is 6.95. The summed E-state index contributed by atoms with van der Waals surface area (Å²) >= 11 is 7.92. The van der Waals surface area contributed by atoms with Gasteiger partial charge >= 0.3 is 0 Å². The second-order valence-corrected chi connectivity index (χ2v) is 6.47. The Bertz CT molecular complexity index is 852. The molecule has 3 aromatic rings. The van der Waals surface area contributed by atoms with Crippen LogP contribution in [0.4, 0.5) is 5.82 Å². The van der Waals surface area contributed by atoms with Gasteiger partial charge in [0.05, 0.1) is 23.6 Å². The average molecular weight is 348 g/mol. The lowest BCUT2D eigenvalue weighted by Crippen LogP contribution is -2.03. The molecule has 1 N–H and O–H groups in total. The first-order chi connectivity index (χ1) is 11.3. The number of nitrogens with one attached hydrogen (secondary N) is 1. The molecule has 0 fully saturated rings. The van der Waals surface area contributed by atoms with Crippen LogP contribution in [0.2, 0.25) is 5.02 Å². The fraction of sp³-hybridized carbons (Fsp3) is 0.250. The van der Waals surface area contributed by atoms with Gasteiger partial charge in [-0.25, -0.2) is 9.97 Å². The number of halogens is 1. The van der Waals surface area contributed by atoms with Crippen molar-refractivity contribution < 1.29 is 9.47 Å². The third-order valence-corrected chi connectivity index (χ3v) is 4.69. The maximum atomic E-state index is 6.32. The number of thiophene rings is 1. The van der Waals surface area contributed by atoms with Crippen LogP contribution in [0.5, 0.6) is 11.5 Å². The zero-order valence-electron chi connectivity index (χ0n) is 12.2. The second-order valence-electron chi connectivity index (χ2n) is 5.17. The minimum absolute atomic E-state index is 0.574. The molecule has 0 bridgehead atoms. The van der Waals surface area contributed by atoms with Gasteiger partial charge < -0.3 is 14.8 Å². The predicted molar refractivity (Wildman–Crippen MR) is 91.8 cm³/mol. The Morgan fingerprint density at radius 1 is 1.22 bits per heavy atom. The van der Waals surface area contributed by atoms with E-state index in [0.717, 1.165) is 28.0 Å². The molecule has 1 aliphatic rings. The molecule has 4 rings (SSSR count). The topological polar surface area (TPSA) is 56.3 Å². The number of anilines is 1. The summed E-state index contributed by atoms with van der Waals surface area (Å²) in [6.45, 7) is 1.86. The fourth-order valence-electron chi connectivity index (χ4n) is 2.50. The van der Waals surface area contributed by atoms with Crippen molar-refractivity contribution in [2.75, 3.05) is 18.5 Å². The van der Waals surface area contributed by atoms with Gasteiger partial charge in [0.15, 0.2) is 11.5 Å². The molecule has 118 valence electrons. The first-order valence-corrected chi connectivity index (χ1v) is 8.57. The third-order valence-electron chi connectivity index (χ3n) is 3.58. The van der Waals surface area contributed by atoms with Crippen molar-refractivity contribution in [3.63, 3.8) is 0 Å². The van der Waals surface area contributed by atoms with Gasteiger partial charge in [0.1, 0.15) is 17.0 Å². The molecule has 0 radical (unpaired) electrons. The first kappa shape index (κ1) is 14.5. The Balaban J connectivity index is 1.58. The standard InChI is InChI=1S/C16H14ClN3O2S/c17-12-6-10(7-13-14(12)22-4-1-3-21-13)8-18-15-11-2-5-23-16(11)20-9-19-15/h2,5-7,9H,1,3-4,8H2,(H,18,19,20). The molecule has 0 saturated carbocycles. The normalized spacial score (nSPS) is 13.8. The van der Waals surface area contributed by atoms with Crippen LogP contribution in [0.25, 0.3) is 10.2 Å². The van der Waals surface area contributed by atoms with Gasteiger partial charge in [0.25, 0.3) is 0 Å². The van der Waals surface area contributed by atoms with E-state index in [2.05, 4.69) is 15.3 Å². The van der Waals surface area contributed by atoms with E-state index in [4.69, 9.17) is 21.1 Å². The molecule has 1 aliphatic heterocycles. The maximum absolute atomic E-state index is 6.32. The van der Waals surface area contributed by atoms with Crippen molar-refractivity contribution in [2.45, 2.75) is 13.0 Å². The van der Waals surface area contributed by atoms with Gasteiger partial charge in [0, 0.05) is 13.0 Å². The largest absolute Gasteiger partial charge is 0.489 e. The van der Waals surface area contributed by atoms with Gasteiger partial charge in [-0.15, -0.1) is 11.3 Å². The molecule has 2 aromatic heterocycles. The molecule has 7 heteroatoms. The van der Waals surface area contributed by atoms with Crippen LogP contribution >= 0.6 is 22.9 Å². The smallest absolute Gasteiger partial charge is 0.179 e. The highest BCUT2D eigenvalue weighted by molar-refractivity contribution is 7.16. The van der Waals surface area contributed by atoms with Crippen molar-refractivity contribution in [3.8, 4) is 11.5 Å². The average Bonchev–Trinajstić information content (AvgIpc) is 2.91. The molecule has 5 nitrogen and oxygen atoms in total. The number of hydrogen-bond donors (Lipinski definition) is 1. The van der Waals surface area contributed by atoms with Gasteiger partial charge in [-0.05, 0) is 29.1 Å². The highest BCUT2D eigenvalue weighted by Crippen LogP contribution is 2.38. The third kappa shape index (κ3) is 2.92. The number of benzene rings is 1. The quantitative estimate of drug-likeness (QED) is 0.772. The maximum Gasteiger partial charge on any atom is 0.179 e. The van der Waals surface area contributed by atoms with Gasteiger partial charge in [0.2, 0.25) is 0 Å². The van der Waals surface area contributed by atoms with Crippen LogP contribution in [-0.2, 0) is 6.54 Å². The number of hydrogen-bond acceptors (Lipinski definition) is 6. The summed E-state index contributed by atoms with van der Waals surface area (Å²) in [6, 6.07) is 5.88. The summed E-state index contributed by atoms with van der Waals surface area (Å²) in [6.07, 6.45) is 2.43. The van der Waals surface area contributed by atoms with E-state index in [1.165, 1.54) is 0 Å². The molecule has 0 atom stereocenters. The Labute approximate surface area is 142 Å². The van der Waals surface area contributed by atoms with Gasteiger partial charge in [-0.2, -0.15) is 0 Å². The number of rotatable bonds is 3. The van der Waals surface area contributed by atoms with Crippen LogP contribution in [0, 0.1) is 0 Å². The van der Waals surface area contributed by atoms with Crippen LogP contribution in [0.1, 0.15) is 12.0 Å². The van der Waals surface area contributed by atoms with Crippen molar-refractivity contribution >= 4 is 39.0 Å². The summed E-state index contributed by atoms with van der Waals surface area (Å²) in [7, 11) is 0. The molecular weight excluding hydrogens is 334 g/mol. The summed E-state index contributed by atoms with van der Waals surface area (Å²) in [4.78, 5) is 9.53. The summed E-state index contributed by atoms with van der Waals surface area (Å²) < 4.78 is 11.4. The Hall–Kier alpha value is -2.05. The Morgan fingerprint density at radius 2 is 2.13 bits per heavy atom. The van der Waals surface area contributed by atoms with Crippen LogP contribution in [0.3, 0.4) is 0 Å². The van der Waals surface area contributed by atoms with Crippen molar-refractivity contribution in [1.29, 1.82) is 0 Å². The molecule has 23 heavy (non-hydrogen) atoms. The fourth-order valence-corrected chi connectivity index (χ4v) is 3.52. The molecule has 3 heterocycles. The van der Waals surface area contributed by atoms with Crippen LogP contribution in [0.15, 0.2) is 29.9 Å². The highest BCUT2D eigenvalue weighted by Gasteiger charge is 2.15. The van der Waals surface area contributed by atoms with Crippen LogP contribution in [-0.4, -0.2) is 23.2 Å². The predicted octanol–water partition coefficient (Wildman–Crippen LogP) is 4.12. The van der Waals surface area contributed by atoms with Crippen molar-refractivity contribution in [2.24, 2.45) is 0 Å². The van der Waals surface area contributed by atoms with E-state index in [1.54, 1.807) is 17.7 Å².